The third kappa shape index (κ3) is 4.06. The number of thiazole rings is 1. The molecular formula is C21H23N3O2S. The van der Waals surface area contributed by atoms with E-state index in [0.717, 1.165) is 52.6 Å². The molecule has 2 aromatic carbocycles. The molecule has 5 nitrogen and oxygen atoms in total. The molecule has 1 fully saturated rings. The molecule has 0 spiro atoms. The van der Waals surface area contributed by atoms with Crippen LogP contribution in [0.1, 0.15) is 18.4 Å². The van der Waals surface area contributed by atoms with E-state index < -0.39 is 0 Å². The zero-order valence-electron chi connectivity index (χ0n) is 15.4. The Bertz CT molecular complexity index is 926. The molecule has 0 bridgehead atoms. The Labute approximate surface area is 163 Å². The van der Waals surface area contributed by atoms with E-state index in [0.29, 0.717) is 6.54 Å². The monoisotopic (exact) mass is 381 g/mol. The fourth-order valence-electron chi connectivity index (χ4n) is 3.45. The van der Waals surface area contributed by atoms with Gasteiger partial charge in [0, 0.05) is 19.6 Å². The van der Waals surface area contributed by atoms with Crippen LogP contribution >= 0.6 is 11.3 Å². The van der Waals surface area contributed by atoms with Crippen LogP contribution in [0.3, 0.4) is 0 Å². The van der Waals surface area contributed by atoms with Crippen molar-refractivity contribution in [3.05, 3.63) is 54.1 Å². The van der Waals surface area contributed by atoms with E-state index in [-0.39, 0.29) is 11.8 Å². The minimum Gasteiger partial charge on any atom is -0.497 e. The number of hydrogen-bond donors (Lipinski definition) is 1. The maximum Gasteiger partial charge on any atom is 0.225 e. The van der Waals surface area contributed by atoms with E-state index in [2.05, 4.69) is 10.2 Å². The van der Waals surface area contributed by atoms with E-state index in [9.17, 15) is 4.79 Å². The maximum absolute atomic E-state index is 12.6. The van der Waals surface area contributed by atoms with Gasteiger partial charge in [-0.05, 0) is 36.6 Å². The standard InChI is InChI=1S/C21H23N3O2S/c1-26-17-9-10-18-19(12-17)27-21(23-18)24-11-5-8-16(14-24)20(25)22-13-15-6-3-2-4-7-15/h2-4,6-7,9-10,12,16H,5,8,11,13-14H2,1H3,(H,22,25)/t16-/m0/s1. The second-order valence-electron chi connectivity index (χ2n) is 6.82. The summed E-state index contributed by atoms with van der Waals surface area (Å²) in [6, 6.07) is 16.0. The molecule has 0 radical (unpaired) electrons. The Morgan fingerprint density at radius 1 is 1.30 bits per heavy atom. The first-order valence-corrected chi connectivity index (χ1v) is 10.1. The van der Waals surface area contributed by atoms with E-state index >= 15 is 0 Å². The molecule has 1 saturated heterocycles. The van der Waals surface area contributed by atoms with Crippen molar-refractivity contribution < 1.29 is 9.53 Å². The zero-order valence-corrected chi connectivity index (χ0v) is 16.2. The normalized spacial score (nSPS) is 17.1. The zero-order chi connectivity index (χ0) is 18.6. The van der Waals surface area contributed by atoms with Gasteiger partial charge < -0.3 is 15.0 Å². The van der Waals surface area contributed by atoms with Gasteiger partial charge in [-0.15, -0.1) is 0 Å². The van der Waals surface area contributed by atoms with E-state index in [4.69, 9.17) is 9.72 Å². The van der Waals surface area contributed by atoms with Crippen LogP contribution in [0.2, 0.25) is 0 Å². The third-order valence-corrected chi connectivity index (χ3v) is 6.04. The lowest BCUT2D eigenvalue weighted by molar-refractivity contribution is -0.125. The molecule has 1 amide bonds. The van der Waals surface area contributed by atoms with Gasteiger partial charge in [0.15, 0.2) is 5.13 Å². The van der Waals surface area contributed by atoms with Crippen LogP contribution in [0.5, 0.6) is 5.75 Å². The number of carbonyl (C=O) groups is 1. The number of piperidine rings is 1. The molecule has 1 atom stereocenters. The van der Waals surface area contributed by atoms with Crippen molar-refractivity contribution in [1.29, 1.82) is 0 Å². The van der Waals surface area contributed by atoms with Crippen LogP contribution < -0.4 is 15.0 Å². The van der Waals surface area contributed by atoms with Crippen molar-refractivity contribution in [3.8, 4) is 5.75 Å². The van der Waals surface area contributed by atoms with Crippen LogP contribution in [-0.2, 0) is 11.3 Å². The van der Waals surface area contributed by atoms with Crippen LogP contribution in [0.4, 0.5) is 5.13 Å². The third-order valence-electron chi connectivity index (χ3n) is 4.96. The molecule has 6 heteroatoms. The van der Waals surface area contributed by atoms with Crippen LogP contribution in [0, 0.1) is 5.92 Å². The molecule has 2 heterocycles. The van der Waals surface area contributed by atoms with Gasteiger partial charge in [-0.2, -0.15) is 0 Å². The summed E-state index contributed by atoms with van der Waals surface area (Å²) in [6.07, 6.45) is 1.93. The van der Waals surface area contributed by atoms with Gasteiger partial charge in [0.05, 0.1) is 23.2 Å². The average molecular weight is 382 g/mol. The van der Waals surface area contributed by atoms with Crippen LogP contribution in [-0.4, -0.2) is 31.1 Å². The van der Waals surface area contributed by atoms with Gasteiger partial charge in [0.1, 0.15) is 5.75 Å². The number of anilines is 1. The number of carbonyl (C=O) groups excluding carboxylic acids is 1. The second-order valence-corrected chi connectivity index (χ2v) is 7.83. The number of nitrogens with one attached hydrogen (secondary N) is 1. The Morgan fingerprint density at radius 3 is 2.96 bits per heavy atom. The minimum atomic E-state index is 0.00371. The largest absolute Gasteiger partial charge is 0.497 e. The number of nitrogens with zero attached hydrogens (tertiary/aromatic N) is 2. The minimum absolute atomic E-state index is 0.00371. The van der Waals surface area contributed by atoms with Gasteiger partial charge in [-0.3, -0.25) is 4.79 Å². The van der Waals surface area contributed by atoms with Gasteiger partial charge in [0.2, 0.25) is 5.91 Å². The van der Waals surface area contributed by atoms with Crippen molar-refractivity contribution in [2.45, 2.75) is 19.4 Å². The lowest BCUT2D eigenvalue weighted by atomic mass is 9.97. The molecule has 4 rings (SSSR count). The molecule has 1 aliphatic heterocycles. The predicted molar refractivity (Wildman–Crippen MR) is 109 cm³/mol. The van der Waals surface area contributed by atoms with Crippen LogP contribution in [0.15, 0.2) is 48.5 Å². The fraction of sp³-hybridized carbons (Fsp3) is 0.333. The Kier molecular flexibility index (Phi) is 5.25. The number of ether oxygens (including phenoxy) is 1. The molecule has 0 unspecified atom stereocenters. The highest BCUT2D eigenvalue weighted by Gasteiger charge is 2.27. The van der Waals surface area contributed by atoms with Gasteiger partial charge in [-0.25, -0.2) is 4.98 Å². The molecule has 140 valence electrons. The van der Waals surface area contributed by atoms with Crippen molar-refractivity contribution >= 4 is 32.6 Å². The average Bonchev–Trinajstić information content (AvgIpc) is 3.16. The summed E-state index contributed by atoms with van der Waals surface area (Å²) in [6.45, 7) is 2.24. The first-order chi connectivity index (χ1) is 13.2. The number of aromatic nitrogens is 1. The summed E-state index contributed by atoms with van der Waals surface area (Å²) in [5.41, 5.74) is 2.10. The molecule has 0 aliphatic carbocycles. The smallest absolute Gasteiger partial charge is 0.225 e. The maximum atomic E-state index is 12.6. The lowest BCUT2D eigenvalue weighted by Gasteiger charge is -2.31. The van der Waals surface area contributed by atoms with Crippen molar-refractivity contribution in [2.75, 3.05) is 25.1 Å². The van der Waals surface area contributed by atoms with Gasteiger partial charge in [0.25, 0.3) is 0 Å². The number of fused-ring (bicyclic) bond motifs is 1. The van der Waals surface area contributed by atoms with E-state index in [1.54, 1.807) is 18.4 Å². The first-order valence-electron chi connectivity index (χ1n) is 9.24. The number of methoxy groups -OCH3 is 1. The summed E-state index contributed by atoms with van der Waals surface area (Å²) in [7, 11) is 1.67. The number of hydrogen-bond acceptors (Lipinski definition) is 5. The summed E-state index contributed by atoms with van der Waals surface area (Å²) in [5.74, 6) is 0.977. The van der Waals surface area contributed by atoms with E-state index in [1.807, 2.05) is 48.5 Å². The highest BCUT2D eigenvalue weighted by Crippen LogP contribution is 2.33. The highest BCUT2D eigenvalue weighted by atomic mass is 32.1. The summed E-state index contributed by atoms with van der Waals surface area (Å²) in [5, 5.41) is 4.07. The molecule has 3 aromatic rings. The molecule has 27 heavy (non-hydrogen) atoms. The summed E-state index contributed by atoms with van der Waals surface area (Å²) < 4.78 is 6.41. The molecule has 1 aliphatic rings. The number of amides is 1. The molecule has 1 aromatic heterocycles. The summed E-state index contributed by atoms with van der Waals surface area (Å²) >= 11 is 1.66. The molecule has 0 saturated carbocycles. The Balaban J connectivity index is 1.42. The topological polar surface area (TPSA) is 54.5 Å². The van der Waals surface area contributed by atoms with Gasteiger partial charge in [-0.1, -0.05) is 41.7 Å². The van der Waals surface area contributed by atoms with Crippen molar-refractivity contribution in [1.82, 2.24) is 10.3 Å². The SMILES string of the molecule is COc1ccc2nc(N3CCC[C@H](C(=O)NCc4ccccc4)C3)sc2c1. The Hall–Kier alpha value is -2.60. The second kappa shape index (κ2) is 7.96. The van der Waals surface area contributed by atoms with E-state index in [1.165, 1.54) is 0 Å². The Morgan fingerprint density at radius 2 is 2.15 bits per heavy atom. The quantitative estimate of drug-likeness (QED) is 0.730. The number of rotatable bonds is 5. The highest BCUT2D eigenvalue weighted by molar-refractivity contribution is 7.22. The molecular weight excluding hydrogens is 358 g/mol. The first kappa shape index (κ1) is 17.8. The van der Waals surface area contributed by atoms with Crippen LogP contribution in [0.25, 0.3) is 10.2 Å². The number of benzene rings is 2. The van der Waals surface area contributed by atoms with Crippen molar-refractivity contribution in [3.63, 3.8) is 0 Å². The summed E-state index contributed by atoms with van der Waals surface area (Å²) in [4.78, 5) is 19.6. The molecule has 1 N–H and O–H groups in total. The fourth-order valence-corrected chi connectivity index (χ4v) is 4.48. The van der Waals surface area contributed by atoms with Crippen molar-refractivity contribution in [2.24, 2.45) is 5.92 Å². The lowest BCUT2D eigenvalue weighted by Crippen LogP contribution is -2.42. The predicted octanol–water partition coefficient (Wildman–Crippen LogP) is 3.84. The van der Waals surface area contributed by atoms with Gasteiger partial charge >= 0.3 is 0 Å².